The molecule has 0 bridgehead atoms. The second-order valence-corrected chi connectivity index (χ2v) is 5.92. The van der Waals surface area contributed by atoms with Gasteiger partial charge < -0.3 is 5.11 Å². The van der Waals surface area contributed by atoms with Crippen molar-refractivity contribution in [2.75, 3.05) is 13.2 Å². The van der Waals surface area contributed by atoms with Crippen molar-refractivity contribution in [1.82, 2.24) is 4.31 Å². The quantitative estimate of drug-likeness (QED) is 0.719. The van der Waals surface area contributed by atoms with Crippen molar-refractivity contribution in [2.24, 2.45) is 0 Å². The molecule has 0 aliphatic carbocycles. The zero-order chi connectivity index (χ0) is 12.8. The second-order valence-electron chi connectivity index (χ2n) is 3.85. The maximum Gasteiger partial charge on any atom is 0.230 e. The van der Waals surface area contributed by atoms with Crippen molar-refractivity contribution in [3.8, 4) is 6.07 Å². The molecule has 0 heterocycles. The summed E-state index contributed by atoms with van der Waals surface area (Å²) in [5.74, 6) is 0. The number of hydrogen-bond donors (Lipinski definition) is 1. The highest BCUT2D eigenvalue weighted by molar-refractivity contribution is 7.90. The van der Waals surface area contributed by atoms with E-state index in [1.54, 1.807) is 20.8 Å². The molecule has 0 spiro atoms. The number of aliphatic hydroxyl groups excluding tert-OH is 1. The van der Waals surface area contributed by atoms with Gasteiger partial charge in [0, 0.05) is 19.2 Å². The van der Waals surface area contributed by atoms with Crippen LogP contribution in [0.2, 0.25) is 0 Å². The summed E-state index contributed by atoms with van der Waals surface area (Å²) in [6.45, 7) is 5.41. The summed E-state index contributed by atoms with van der Waals surface area (Å²) >= 11 is 0. The van der Waals surface area contributed by atoms with E-state index in [4.69, 9.17) is 10.4 Å². The molecule has 0 fully saturated rings. The maximum atomic E-state index is 12.1. The van der Waals surface area contributed by atoms with Crippen molar-refractivity contribution in [3.63, 3.8) is 0 Å². The lowest BCUT2D eigenvalue weighted by Gasteiger charge is -2.27. The van der Waals surface area contributed by atoms with Crippen LogP contribution in [0, 0.1) is 11.3 Å². The van der Waals surface area contributed by atoms with E-state index in [1.807, 2.05) is 6.07 Å². The van der Waals surface area contributed by atoms with Gasteiger partial charge in [-0.25, -0.2) is 8.42 Å². The van der Waals surface area contributed by atoms with Crippen LogP contribution in [0.25, 0.3) is 0 Å². The second kappa shape index (κ2) is 6.84. The Morgan fingerprint density at radius 3 is 2.31 bits per heavy atom. The Hall–Kier alpha value is -0.640. The Labute approximate surface area is 97.7 Å². The van der Waals surface area contributed by atoms with E-state index >= 15 is 0 Å². The Bertz CT molecular complexity index is 332. The van der Waals surface area contributed by atoms with E-state index in [9.17, 15) is 8.42 Å². The highest BCUT2D eigenvalue weighted by Gasteiger charge is 2.32. The van der Waals surface area contributed by atoms with Gasteiger partial charge in [0.1, 0.15) is 0 Å². The molecular weight excluding hydrogens is 228 g/mol. The van der Waals surface area contributed by atoms with E-state index in [0.717, 1.165) is 0 Å². The molecule has 94 valence electrons. The molecule has 0 amide bonds. The van der Waals surface area contributed by atoms with Crippen molar-refractivity contribution in [3.05, 3.63) is 0 Å². The number of aliphatic hydroxyl groups is 1. The van der Waals surface area contributed by atoms with Gasteiger partial charge in [0.25, 0.3) is 0 Å². The molecule has 6 heteroatoms. The van der Waals surface area contributed by atoms with Crippen LogP contribution in [-0.4, -0.2) is 42.3 Å². The van der Waals surface area contributed by atoms with Gasteiger partial charge >= 0.3 is 0 Å². The predicted molar refractivity (Wildman–Crippen MR) is 62.2 cm³/mol. The summed E-state index contributed by atoms with van der Waals surface area (Å²) in [7, 11) is -3.57. The van der Waals surface area contributed by atoms with Crippen molar-refractivity contribution in [1.29, 1.82) is 5.26 Å². The van der Waals surface area contributed by atoms with Crippen LogP contribution >= 0.6 is 0 Å². The van der Waals surface area contributed by atoms with Crippen molar-refractivity contribution >= 4 is 10.0 Å². The largest absolute Gasteiger partial charge is 0.396 e. The highest BCUT2D eigenvalue weighted by Crippen LogP contribution is 2.15. The average Bonchev–Trinajstić information content (AvgIpc) is 2.18. The molecular formula is C10H20N2O3S. The van der Waals surface area contributed by atoms with Crippen LogP contribution in [-0.2, 0) is 10.0 Å². The maximum absolute atomic E-state index is 12.1. The fourth-order valence-corrected chi connectivity index (χ4v) is 3.29. The molecule has 1 N–H and O–H groups in total. The Morgan fingerprint density at radius 1 is 1.44 bits per heavy atom. The normalized spacial score (nSPS) is 14.1. The summed E-state index contributed by atoms with van der Waals surface area (Å²) < 4.78 is 25.4. The first-order chi connectivity index (χ1) is 7.41. The zero-order valence-corrected chi connectivity index (χ0v) is 10.9. The van der Waals surface area contributed by atoms with Crippen molar-refractivity contribution in [2.45, 2.75) is 44.9 Å². The number of sulfonamides is 1. The van der Waals surface area contributed by atoms with Gasteiger partial charge in [-0.2, -0.15) is 9.57 Å². The van der Waals surface area contributed by atoms with Gasteiger partial charge in [-0.3, -0.25) is 0 Å². The molecule has 0 aliphatic rings. The Kier molecular flexibility index (Phi) is 6.56. The number of nitrogens with zero attached hydrogens (tertiary/aromatic N) is 2. The van der Waals surface area contributed by atoms with Gasteiger partial charge in [0.15, 0.2) is 5.25 Å². The summed E-state index contributed by atoms with van der Waals surface area (Å²) in [5, 5.41) is 16.5. The number of rotatable bonds is 7. The van der Waals surface area contributed by atoms with Crippen LogP contribution < -0.4 is 0 Å². The molecule has 0 aromatic heterocycles. The van der Waals surface area contributed by atoms with Crippen LogP contribution in [0.15, 0.2) is 0 Å². The first-order valence-corrected chi connectivity index (χ1v) is 6.93. The topological polar surface area (TPSA) is 81.4 Å². The smallest absolute Gasteiger partial charge is 0.230 e. The standard InChI is InChI=1S/C10H20N2O3S/c1-4-10(8-11)16(14,15)12(9(2)3)6-5-7-13/h9-10,13H,4-7H2,1-3H3. The van der Waals surface area contributed by atoms with Crippen molar-refractivity contribution < 1.29 is 13.5 Å². The molecule has 1 unspecified atom stereocenters. The lowest BCUT2D eigenvalue weighted by atomic mass is 10.3. The summed E-state index contributed by atoms with van der Waals surface area (Å²) in [5.41, 5.74) is 0. The fourth-order valence-electron chi connectivity index (χ4n) is 1.44. The van der Waals surface area contributed by atoms with Gasteiger partial charge in [0.2, 0.25) is 10.0 Å². The molecule has 0 rings (SSSR count). The van der Waals surface area contributed by atoms with E-state index in [1.165, 1.54) is 4.31 Å². The minimum Gasteiger partial charge on any atom is -0.396 e. The third-order valence-corrected chi connectivity index (χ3v) is 4.73. The van der Waals surface area contributed by atoms with Crippen LogP contribution in [0.3, 0.4) is 0 Å². The van der Waals surface area contributed by atoms with Crippen LogP contribution in [0.5, 0.6) is 0 Å². The van der Waals surface area contributed by atoms with Crippen LogP contribution in [0.4, 0.5) is 0 Å². The summed E-state index contributed by atoms with van der Waals surface area (Å²) in [6.07, 6.45) is 0.667. The summed E-state index contributed by atoms with van der Waals surface area (Å²) in [4.78, 5) is 0. The SMILES string of the molecule is CCC(C#N)S(=O)(=O)N(CCCO)C(C)C. The molecule has 16 heavy (non-hydrogen) atoms. The lowest BCUT2D eigenvalue weighted by molar-refractivity contribution is 0.258. The monoisotopic (exact) mass is 248 g/mol. The Morgan fingerprint density at radius 2 is 2.00 bits per heavy atom. The molecule has 0 radical (unpaired) electrons. The minimum absolute atomic E-state index is 0.0535. The minimum atomic E-state index is -3.57. The number of nitriles is 1. The molecule has 0 aliphatic heterocycles. The molecule has 0 aromatic carbocycles. The van der Waals surface area contributed by atoms with E-state index < -0.39 is 15.3 Å². The van der Waals surface area contributed by atoms with Gasteiger partial charge in [-0.15, -0.1) is 0 Å². The van der Waals surface area contributed by atoms with E-state index in [-0.39, 0.29) is 25.6 Å². The first-order valence-electron chi connectivity index (χ1n) is 5.42. The Balaban J connectivity index is 4.97. The molecule has 0 saturated carbocycles. The fraction of sp³-hybridized carbons (Fsp3) is 0.900. The lowest BCUT2D eigenvalue weighted by Crippen LogP contribution is -2.43. The summed E-state index contributed by atoms with van der Waals surface area (Å²) in [6, 6.07) is 1.62. The van der Waals surface area contributed by atoms with Crippen LogP contribution in [0.1, 0.15) is 33.6 Å². The number of hydrogen-bond acceptors (Lipinski definition) is 4. The highest BCUT2D eigenvalue weighted by atomic mass is 32.2. The predicted octanol–water partition coefficient (Wildman–Crippen LogP) is 0.711. The van der Waals surface area contributed by atoms with E-state index in [2.05, 4.69) is 0 Å². The molecule has 5 nitrogen and oxygen atoms in total. The third-order valence-electron chi connectivity index (χ3n) is 2.31. The van der Waals surface area contributed by atoms with E-state index in [0.29, 0.717) is 6.42 Å². The zero-order valence-electron chi connectivity index (χ0n) is 10.0. The third kappa shape index (κ3) is 3.74. The molecule has 0 aromatic rings. The van der Waals surface area contributed by atoms with Gasteiger partial charge in [-0.05, 0) is 26.7 Å². The molecule has 1 atom stereocenters. The average molecular weight is 248 g/mol. The van der Waals surface area contributed by atoms with Gasteiger partial charge in [0.05, 0.1) is 6.07 Å². The van der Waals surface area contributed by atoms with Gasteiger partial charge in [-0.1, -0.05) is 6.92 Å². The first kappa shape index (κ1) is 15.4. The molecule has 0 saturated heterocycles.